The topological polar surface area (TPSA) is 59.3 Å². The SMILES string of the molecule is CCCCCOC1CCC2C[C@H](C(=O)Oc3ccc(C#N)cc3)CC[C@@H]2C1. The summed E-state index contributed by atoms with van der Waals surface area (Å²) in [5, 5.41) is 8.85. The highest BCUT2D eigenvalue weighted by Crippen LogP contribution is 2.43. The minimum absolute atomic E-state index is 0.00363. The summed E-state index contributed by atoms with van der Waals surface area (Å²) in [5.41, 5.74) is 0.573. The maximum absolute atomic E-state index is 12.6. The third-order valence-corrected chi connectivity index (χ3v) is 6.20. The molecule has 2 fully saturated rings. The van der Waals surface area contributed by atoms with Gasteiger partial charge >= 0.3 is 5.97 Å². The van der Waals surface area contributed by atoms with E-state index in [1.165, 1.54) is 25.7 Å². The smallest absolute Gasteiger partial charge is 0.314 e. The quantitative estimate of drug-likeness (QED) is 0.374. The molecule has 0 N–H and O–H groups in total. The number of unbranched alkanes of at least 4 members (excludes halogenated alkanes) is 2. The van der Waals surface area contributed by atoms with Crippen molar-refractivity contribution in [2.75, 3.05) is 6.61 Å². The standard InChI is InChI=1S/C23H31NO3/c1-2-3-4-13-26-22-12-9-18-14-20(8-7-19(18)15-22)23(25)27-21-10-5-17(16-24)6-11-21/h5-6,10-11,18-20,22H,2-4,7-9,12-15H2,1H3/t18?,19-,20-,22?/m1/s1. The van der Waals surface area contributed by atoms with E-state index in [0.29, 0.717) is 29.3 Å². The summed E-state index contributed by atoms with van der Waals surface area (Å²) in [6.07, 6.45) is 10.5. The zero-order valence-corrected chi connectivity index (χ0v) is 16.4. The molecule has 4 heteroatoms. The van der Waals surface area contributed by atoms with Gasteiger partial charge in [0.05, 0.1) is 23.7 Å². The number of hydrogen-bond acceptors (Lipinski definition) is 4. The molecule has 0 radical (unpaired) electrons. The minimum atomic E-state index is -0.115. The predicted octanol–water partition coefficient (Wildman–Crippen LogP) is 5.26. The van der Waals surface area contributed by atoms with E-state index < -0.39 is 0 Å². The fourth-order valence-corrected chi connectivity index (χ4v) is 4.61. The van der Waals surface area contributed by atoms with Gasteiger partial charge in [-0.1, -0.05) is 19.8 Å². The van der Waals surface area contributed by atoms with Gasteiger partial charge in [-0.3, -0.25) is 4.79 Å². The molecule has 27 heavy (non-hydrogen) atoms. The van der Waals surface area contributed by atoms with Crippen molar-refractivity contribution in [3.63, 3.8) is 0 Å². The third kappa shape index (κ3) is 5.56. The van der Waals surface area contributed by atoms with Crippen LogP contribution >= 0.6 is 0 Å². The highest BCUT2D eigenvalue weighted by Gasteiger charge is 2.38. The fourth-order valence-electron chi connectivity index (χ4n) is 4.61. The number of carbonyl (C=O) groups is 1. The Bertz CT molecular complexity index is 649. The molecule has 2 saturated carbocycles. The van der Waals surface area contributed by atoms with Crippen LogP contribution in [0.15, 0.2) is 24.3 Å². The van der Waals surface area contributed by atoms with Crippen LogP contribution in [0.4, 0.5) is 0 Å². The molecular weight excluding hydrogens is 338 g/mol. The van der Waals surface area contributed by atoms with Crippen molar-refractivity contribution >= 4 is 5.97 Å². The molecule has 0 bridgehead atoms. The van der Waals surface area contributed by atoms with Crippen LogP contribution in [0.25, 0.3) is 0 Å². The fraction of sp³-hybridized carbons (Fsp3) is 0.652. The second-order valence-electron chi connectivity index (χ2n) is 8.10. The van der Waals surface area contributed by atoms with Crippen LogP contribution in [-0.2, 0) is 9.53 Å². The van der Waals surface area contributed by atoms with Gasteiger partial charge in [-0.2, -0.15) is 5.26 Å². The highest BCUT2D eigenvalue weighted by atomic mass is 16.5. The van der Waals surface area contributed by atoms with Crippen LogP contribution < -0.4 is 4.74 Å². The van der Waals surface area contributed by atoms with Crippen LogP contribution in [0.5, 0.6) is 5.75 Å². The second-order valence-corrected chi connectivity index (χ2v) is 8.10. The zero-order chi connectivity index (χ0) is 19.1. The van der Waals surface area contributed by atoms with E-state index in [1.54, 1.807) is 24.3 Å². The normalized spacial score (nSPS) is 27.4. The van der Waals surface area contributed by atoms with Gasteiger partial charge in [-0.25, -0.2) is 0 Å². The average molecular weight is 370 g/mol. The molecule has 0 heterocycles. The Morgan fingerprint density at radius 3 is 2.56 bits per heavy atom. The lowest BCUT2D eigenvalue weighted by molar-refractivity contribution is -0.141. The number of benzene rings is 1. The van der Waals surface area contributed by atoms with Crippen molar-refractivity contribution < 1.29 is 14.3 Å². The molecule has 0 amide bonds. The number of nitriles is 1. The van der Waals surface area contributed by atoms with E-state index in [0.717, 1.165) is 38.7 Å². The van der Waals surface area contributed by atoms with Gasteiger partial charge in [-0.05, 0) is 81.0 Å². The summed E-state index contributed by atoms with van der Waals surface area (Å²) in [6, 6.07) is 8.83. The van der Waals surface area contributed by atoms with Gasteiger partial charge in [0, 0.05) is 6.61 Å². The third-order valence-electron chi connectivity index (χ3n) is 6.20. The van der Waals surface area contributed by atoms with Crippen molar-refractivity contribution in [1.82, 2.24) is 0 Å². The Morgan fingerprint density at radius 1 is 1.07 bits per heavy atom. The molecule has 2 aliphatic carbocycles. The van der Waals surface area contributed by atoms with Crippen LogP contribution in [-0.4, -0.2) is 18.7 Å². The van der Waals surface area contributed by atoms with Gasteiger partial charge in [0.1, 0.15) is 5.75 Å². The first-order valence-electron chi connectivity index (χ1n) is 10.5. The molecule has 4 atom stereocenters. The van der Waals surface area contributed by atoms with Crippen LogP contribution in [0.2, 0.25) is 0 Å². The Kier molecular flexibility index (Phi) is 7.29. The van der Waals surface area contributed by atoms with Gasteiger partial charge in [0.15, 0.2) is 0 Å². The molecular formula is C23H31NO3. The first kappa shape index (κ1) is 19.9. The largest absolute Gasteiger partial charge is 0.426 e. The molecule has 0 saturated heterocycles. The molecule has 4 nitrogen and oxygen atoms in total. The Hall–Kier alpha value is -1.86. The maximum atomic E-state index is 12.6. The predicted molar refractivity (Wildman–Crippen MR) is 104 cm³/mol. The Labute approximate surface area is 162 Å². The van der Waals surface area contributed by atoms with Crippen LogP contribution in [0.3, 0.4) is 0 Å². The first-order chi connectivity index (χ1) is 13.2. The average Bonchev–Trinajstić information content (AvgIpc) is 2.71. The van der Waals surface area contributed by atoms with E-state index in [9.17, 15) is 4.79 Å². The number of esters is 1. The van der Waals surface area contributed by atoms with Crippen molar-refractivity contribution in [3.05, 3.63) is 29.8 Å². The maximum Gasteiger partial charge on any atom is 0.314 e. The van der Waals surface area contributed by atoms with Crippen molar-refractivity contribution in [3.8, 4) is 11.8 Å². The molecule has 3 rings (SSSR count). The molecule has 2 aliphatic rings. The van der Waals surface area contributed by atoms with Gasteiger partial charge in [-0.15, -0.1) is 0 Å². The lowest BCUT2D eigenvalue weighted by Crippen LogP contribution is -2.37. The zero-order valence-electron chi connectivity index (χ0n) is 16.4. The first-order valence-corrected chi connectivity index (χ1v) is 10.5. The molecule has 1 aromatic rings. The van der Waals surface area contributed by atoms with Crippen molar-refractivity contribution in [1.29, 1.82) is 5.26 Å². The number of carbonyl (C=O) groups excluding carboxylic acids is 1. The lowest BCUT2D eigenvalue weighted by Gasteiger charge is -2.41. The van der Waals surface area contributed by atoms with Crippen LogP contribution in [0, 0.1) is 29.1 Å². The van der Waals surface area contributed by atoms with Gasteiger partial charge in [0.2, 0.25) is 0 Å². The molecule has 146 valence electrons. The molecule has 1 aromatic carbocycles. The van der Waals surface area contributed by atoms with Crippen molar-refractivity contribution in [2.45, 2.75) is 70.8 Å². The summed E-state index contributed by atoms with van der Waals surface area (Å²) in [4.78, 5) is 12.6. The minimum Gasteiger partial charge on any atom is -0.426 e. The summed E-state index contributed by atoms with van der Waals surface area (Å²) < 4.78 is 11.6. The number of nitrogens with zero attached hydrogens (tertiary/aromatic N) is 1. The van der Waals surface area contributed by atoms with E-state index in [2.05, 4.69) is 13.0 Å². The van der Waals surface area contributed by atoms with E-state index in [4.69, 9.17) is 14.7 Å². The van der Waals surface area contributed by atoms with E-state index in [-0.39, 0.29) is 11.9 Å². The van der Waals surface area contributed by atoms with E-state index in [1.807, 2.05) is 0 Å². The molecule has 0 aliphatic heterocycles. The number of ether oxygens (including phenoxy) is 2. The monoisotopic (exact) mass is 369 g/mol. The van der Waals surface area contributed by atoms with E-state index >= 15 is 0 Å². The molecule has 0 spiro atoms. The summed E-state index contributed by atoms with van der Waals surface area (Å²) in [7, 11) is 0. The summed E-state index contributed by atoms with van der Waals surface area (Å²) in [5.74, 6) is 1.76. The Morgan fingerprint density at radius 2 is 1.81 bits per heavy atom. The number of rotatable bonds is 7. The second kappa shape index (κ2) is 9.90. The number of hydrogen-bond donors (Lipinski definition) is 0. The summed E-state index contributed by atoms with van der Waals surface area (Å²) in [6.45, 7) is 3.12. The van der Waals surface area contributed by atoms with Gasteiger partial charge < -0.3 is 9.47 Å². The van der Waals surface area contributed by atoms with Gasteiger partial charge in [0.25, 0.3) is 0 Å². The lowest BCUT2D eigenvalue weighted by atomic mass is 9.67. The molecule has 0 aromatic heterocycles. The highest BCUT2D eigenvalue weighted by molar-refractivity contribution is 5.75. The Balaban J connectivity index is 1.44. The number of fused-ring (bicyclic) bond motifs is 1. The van der Waals surface area contributed by atoms with Crippen molar-refractivity contribution in [2.24, 2.45) is 17.8 Å². The molecule has 2 unspecified atom stereocenters. The summed E-state index contributed by atoms with van der Waals surface area (Å²) >= 11 is 0. The van der Waals surface area contributed by atoms with Crippen LogP contribution in [0.1, 0.15) is 70.3 Å².